The van der Waals surface area contributed by atoms with Crippen molar-refractivity contribution in [3.63, 3.8) is 0 Å². The molecule has 0 bridgehead atoms. The van der Waals surface area contributed by atoms with E-state index < -0.39 is 30.3 Å². The van der Waals surface area contributed by atoms with Crippen LogP contribution < -0.4 is 0 Å². The molecule has 0 fully saturated rings. The molecule has 0 unspecified atom stereocenters. The molecule has 0 amide bonds. The van der Waals surface area contributed by atoms with E-state index in [9.17, 15) is 18.0 Å². The highest BCUT2D eigenvalue weighted by molar-refractivity contribution is 5.81. The summed E-state index contributed by atoms with van der Waals surface area (Å²) in [6, 6.07) is 4.60. The van der Waals surface area contributed by atoms with Crippen LogP contribution in [0.5, 0.6) is 0 Å². The lowest BCUT2D eigenvalue weighted by atomic mass is 10.0. The number of rotatable bonds is 3. The summed E-state index contributed by atoms with van der Waals surface area (Å²) in [5.41, 5.74) is 0.712. The molecular weight excluding hydrogens is 285 g/mol. The van der Waals surface area contributed by atoms with Gasteiger partial charge in [-0.3, -0.25) is 4.99 Å². The normalized spacial score (nSPS) is 23.2. The number of hydrogen-bond acceptors (Lipinski definition) is 4. The van der Waals surface area contributed by atoms with Crippen molar-refractivity contribution in [2.75, 3.05) is 7.11 Å². The molecule has 0 N–H and O–H groups in total. The average molecular weight is 300 g/mol. The summed E-state index contributed by atoms with van der Waals surface area (Å²) in [5.74, 6) is -0.990. The maximum atomic E-state index is 13.3. The Morgan fingerprint density at radius 1 is 1.33 bits per heavy atom. The van der Waals surface area contributed by atoms with Crippen molar-refractivity contribution >= 4 is 12.3 Å². The van der Waals surface area contributed by atoms with Gasteiger partial charge >= 0.3 is 12.1 Å². The van der Waals surface area contributed by atoms with Gasteiger partial charge in [0.2, 0.25) is 0 Å². The van der Waals surface area contributed by atoms with Gasteiger partial charge in [-0.1, -0.05) is 30.3 Å². The SMILES string of the molecule is COC(=O)[C@@H]1N=CN([C@H](C)c2ccccc2)[C@H]1C(F)(F)F. The molecule has 4 nitrogen and oxygen atoms in total. The lowest BCUT2D eigenvalue weighted by molar-refractivity contribution is -0.185. The maximum absolute atomic E-state index is 13.3. The van der Waals surface area contributed by atoms with Gasteiger partial charge in [-0.05, 0) is 12.5 Å². The number of nitrogens with zero attached hydrogens (tertiary/aromatic N) is 2. The minimum absolute atomic E-state index is 0.559. The van der Waals surface area contributed by atoms with E-state index in [0.29, 0.717) is 5.56 Å². The summed E-state index contributed by atoms with van der Waals surface area (Å²) >= 11 is 0. The molecular formula is C14H15F3N2O2. The molecule has 0 radical (unpaired) electrons. The Balaban J connectivity index is 2.31. The molecule has 1 aromatic rings. The summed E-state index contributed by atoms with van der Waals surface area (Å²) in [6.45, 7) is 1.64. The van der Waals surface area contributed by atoms with Crippen molar-refractivity contribution in [3.8, 4) is 0 Å². The molecule has 0 saturated carbocycles. The fourth-order valence-corrected chi connectivity index (χ4v) is 2.37. The number of methoxy groups -OCH3 is 1. The molecule has 0 saturated heterocycles. The molecule has 1 heterocycles. The van der Waals surface area contributed by atoms with E-state index in [4.69, 9.17) is 0 Å². The highest BCUT2D eigenvalue weighted by Gasteiger charge is 2.54. The largest absolute Gasteiger partial charge is 0.467 e. The van der Waals surface area contributed by atoms with Crippen LogP contribution in [-0.4, -0.2) is 42.6 Å². The van der Waals surface area contributed by atoms with Gasteiger partial charge in [-0.2, -0.15) is 13.2 Å². The first-order valence-corrected chi connectivity index (χ1v) is 6.36. The molecule has 0 aliphatic carbocycles. The first-order chi connectivity index (χ1) is 9.86. The second kappa shape index (κ2) is 5.75. The highest BCUT2D eigenvalue weighted by Crippen LogP contribution is 2.36. The molecule has 2 rings (SSSR count). The Morgan fingerprint density at radius 3 is 2.48 bits per heavy atom. The lowest BCUT2D eigenvalue weighted by Crippen LogP contribution is -2.51. The molecule has 1 aromatic carbocycles. The quantitative estimate of drug-likeness (QED) is 0.806. The van der Waals surface area contributed by atoms with E-state index in [-0.39, 0.29) is 0 Å². The number of carbonyl (C=O) groups is 1. The summed E-state index contributed by atoms with van der Waals surface area (Å²) in [6.07, 6.45) is -3.50. The average Bonchev–Trinajstić information content (AvgIpc) is 2.91. The van der Waals surface area contributed by atoms with Gasteiger partial charge in [0.05, 0.1) is 19.5 Å². The third kappa shape index (κ3) is 3.01. The van der Waals surface area contributed by atoms with Gasteiger partial charge in [0.15, 0.2) is 12.1 Å². The zero-order valence-corrected chi connectivity index (χ0v) is 11.5. The Morgan fingerprint density at radius 2 is 1.95 bits per heavy atom. The fraction of sp³-hybridized carbons (Fsp3) is 0.429. The highest BCUT2D eigenvalue weighted by atomic mass is 19.4. The number of ether oxygens (including phenoxy) is 1. The number of alkyl halides is 3. The van der Waals surface area contributed by atoms with Crippen molar-refractivity contribution in [3.05, 3.63) is 35.9 Å². The summed E-state index contributed by atoms with van der Waals surface area (Å²) in [7, 11) is 1.05. The molecule has 21 heavy (non-hydrogen) atoms. The number of carbonyl (C=O) groups excluding carboxylic acids is 1. The topological polar surface area (TPSA) is 41.9 Å². The Labute approximate surface area is 120 Å². The third-order valence-electron chi connectivity index (χ3n) is 3.49. The van der Waals surface area contributed by atoms with Crippen molar-refractivity contribution in [2.45, 2.75) is 31.2 Å². The van der Waals surface area contributed by atoms with Crippen LogP contribution in [-0.2, 0) is 9.53 Å². The second-order valence-corrected chi connectivity index (χ2v) is 4.75. The minimum atomic E-state index is -4.58. The van der Waals surface area contributed by atoms with Crippen LogP contribution in [0.25, 0.3) is 0 Å². The van der Waals surface area contributed by atoms with Crippen LogP contribution in [0.15, 0.2) is 35.3 Å². The van der Waals surface area contributed by atoms with Crippen LogP contribution in [0.4, 0.5) is 13.2 Å². The van der Waals surface area contributed by atoms with Crippen molar-refractivity contribution in [1.82, 2.24) is 4.90 Å². The third-order valence-corrected chi connectivity index (χ3v) is 3.49. The van der Waals surface area contributed by atoms with E-state index in [0.717, 1.165) is 18.3 Å². The van der Waals surface area contributed by atoms with Crippen LogP contribution in [0, 0.1) is 0 Å². The van der Waals surface area contributed by atoms with Gasteiger partial charge in [0, 0.05) is 0 Å². The van der Waals surface area contributed by atoms with Crippen LogP contribution >= 0.6 is 0 Å². The van der Waals surface area contributed by atoms with Crippen LogP contribution in [0.3, 0.4) is 0 Å². The molecule has 7 heteroatoms. The van der Waals surface area contributed by atoms with Gasteiger partial charge < -0.3 is 9.64 Å². The van der Waals surface area contributed by atoms with Crippen molar-refractivity contribution in [2.24, 2.45) is 4.99 Å². The smallest absolute Gasteiger partial charge is 0.411 e. The lowest BCUT2D eigenvalue weighted by Gasteiger charge is -2.33. The monoisotopic (exact) mass is 300 g/mol. The number of halogens is 3. The zero-order chi connectivity index (χ0) is 15.6. The van der Waals surface area contributed by atoms with Gasteiger partial charge in [-0.25, -0.2) is 4.79 Å². The Hall–Kier alpha value is -2.05. The first-order valence-electron chi connectivity index (χ1n) is 6.36. The summed E-state index contributed by atoms with van der Waals surface area (Å²) < 4.78 is 44.3. The van der Waals surface area contributed by atoms with Crippen molar-refractivity contribution in [1.29, 1.82) is 0 Å². The minimum Gasteiger partial charge on any atom is -0.467 e. The second-order valence-electron chi connectivity index (χ2n) is 4.75. The van der Waals surface area contributed by atoms with E-state index in [1.54, 1.807) is 37.3 Å². The molecule has 114 valence electrons. The number of hydrogen-bond donors (Lipinski definition) is 0. The Bertz CT molecular complexity index is 531. The van der Waals surface area contributed by atoms with Gasteiger partial charge in [0.25, 0.3) is 0 Å². The fourth-order valence-electron chi connectivity index (χ4n) is 2.37. The Kier molecular flexibility index (Phi) is 4.20. The number of esters is 1. The first kappa shape index (κ1) is 15.3. The van der Waals surface area contributed by atoms with Crippen molar-refractivity contribution < 1.29 is 22.7 Å². The van der Waals surface area contributed by atoms with Crippen LogP contribution in [0.2, 0.25) is 0 Å². The maximum Gasteiger partial charge on any atom is 0.411 e. The molecule has 0 aromatic heterocycles. The van der Waals surface area contributed by atoms with Crippen LogP contribution in [0.1, 0.15) is 18.5 Å². The molecule has 3 atom stereocenters. The zero-order valence-electron chi connectivity index (χ0n) is 11.5. The number of benzene rings is 1. The van der Waals surface area contributed by atoms with E-state index in [1.165, 1.54) is 0 Å². The summed E-state index contributed by atoms with van der Waals surface area (Å²) in [5, 5.41) is 0. The summed E-state index contributed by atoms with van der Waals surface area (Å²) in [4.78, 5) is 16.3. The van der Waals surface area contributed by atoms with Gasteiger partial charge in [-0.15, -0.1) is 0 Å². The predicted octanol–water partition coefficient (Wildman–Crippen LogP) is 2.56. The molecule has 0 spiro atoms. The van der Waals surface area contributed by atoms with Gasteiger partial charge in [0.1, 0.15) is 0 Å². The predicted molar refractivity (Wildman–Crippen MR) is 70.8 cm³/mol. The van der Waals surface area contributed by atoms with E-state index >= 15 is 0 Å². The molecule has 1 aliphatic rings. The van der Waals surface area contributed by atoms with E-state index in [1.807, 2.05) is 0 Å². The van der Waals surface area contributed by atoms with E-state index in [2.05, 4.69) is 9.73 Å². The number of aliphatic imine (C=N–C) groups is 1. The molecule has 1 aliphatic heterocycles. The standard InChI is InChI=1S/C14H15F3N2O2/c1-9(10-6-4-3-5-7-10)19-8-18-11(13(20)21-2)12(19)14(15,16)17/h3-9,11-12H,1-2H3/t9-,11-,12-/m1/s1.